The van der Waals surface area contributed by atoms with Crippen molar-refractivity contribution < 1.29 is 27.9 Å². The second-order valence-electron chi connectivity index (χ2n) is 4.26. The average Bonchev–Trinajstić information content (AvgIpc) is 2.45. The van der Waals surface area contributed by atoms with E-state index in [1.54, 1.807) is 0 Å². The van der Waals surface area contributed by atoms with Gasteiger partial charge in [-0.05, 0) is 24.3 Å². The zero-order valence-corrected chi connectivity index (χ0v) is 10.6. The van der Waals surface area contributed by atoms with Gasteiger partial charge in [0.2, 0.25) is 0 Å². The Bertz CT molecular complexity index is 726. The van der Waals surface area contributed by atoms with Crippen LogP contribution in [0.3, 0.4) is 0 Å². The lowest BCUT2D eigenvalue weighted by molar-refractivity contribution is 0.0890. The molecule has 0 saturated carbocycles. The Morgan fingerprint density at radius 1 is 0.857 bits per heavy atom. The Labute approximate surface area is 117 Å². The molecule has 2 aromatic rings. The number of rotatable bonds is 4. The van der Waals surface area contributed by atoms with Crippen LogP contribution in [0.15, 0.2) is 36.4 Å². The van der Waals surface area contributed by atoms with Crippen LogP contribution in [0.2, 0.25) is 0 Å². The normalized spacial score (nSPS) is 10.4. The summed E-state index contributed by atoms with van der Waals surface area (Å²) in [5.74, 6) is -6.89. The van der Waals surface area contributed by atoms with Gasteiger partial charge in [-0.3, -0.25) is 9.59 Å². The summed E-state index contributed by atoms with van der Waals surface area (Å²) in [4.78, 5) is 23.6. The van der Waals surface area contributed by atoms with Gasteiger partial charge in [-0.1, -0.05) is 12.1 Å². The first-order valence-electron chi connectivity index (χ1n) is 5.89. The summed E-state index contributed by atoms with van der Waals surface area (Å²) in [5.41, 5.74) is -0.813. The molecule has 0 saturated heterocycles. The van der Waals surface area contributed by atoms with Crippen LogP contribution < -0.4 is 0 Å². The number of carbonyl (C=O) groups is 2. The van der Waals surface area contributed by atoms with Gasteiger partial charge in [0, 0.05) is 0 Å². The zero-order valence-electron chi connectivity index (χ0n) is 10.6. The van der Waals surface area contributed by atoms with Gasteiger partial charge < -0.3 is 5.11 Å². The van der Waals surface area contributed by atoms with Crippen LogP contribution in [-0.4, -0.2) is 16.7 Å². The monoisotopic (exact) mass is 294 g/mol. The maximum absolute atomic E-state index is 13.4. The largest absolute Gasteiger partial charge is 0.507 e. The molecule has 2 aromatic carbocycles. The van der Waals surface area contributed by atoms with E-state index >= 15 is 0 Å². The molecule has 21 heavy (non-hydrogen) atoms. The predicted octanol–water partition coefficient (Wildman–Crippen LogP) is 3.27. The summed E-state index contributed by atoms with van der Waals surface area (Å²) in [5, 5.41) is 9.48. The van der Waals surface area contributed by atoms with Crippen molar-refractivity contribution in [2.75, 3.05) is 0 Å². The van der Waals surface area contributed by atoms with E-state index in [2.05, 4.69) is 0 Å². The maximum Gasteiger partial charge on any atom is 0.195 e. The molecular weight excluding hydrogens is 285 g/mol. The third-order valence-corrected chi connectivity index (χ3v) is 2.86. The molecule has 0 aliphatic carbocycles. The van der Waals surface area contributed by atoms with Crippen LogP contribution >= 0.6 is 0 Å². The molecule has 0 atom stereocenters. The van der Waals surface area contributed by atoms with Gasteiger partial charge in [-0.25, -0.2) is 13.2 Å². The molecule has 0 unspecified atom stereocenters. The van der Waals surface area contributed by atoms with Crippen molar-refractivity contribution in [3.8, 4) is 5.75 Å². The first kappa shape index (κ1) is 14.8. The van der Waals surface area contributed by atoms with Gasteiger partial charge in [0.1, 0.15) is 5.75 Å². The van der Waals surface area contributed by atoms with E-state index in [0.717, 1.165) is 6.07 Å². The third kappa shape index (κ3) is 2.94. The Balaban J connectivity index is 2.25. The van der Waals surface area contributed by atoms with Crippen molar-refractivity contribution in [3.63, 3.8) is 0 Å². The summed E-state index contributed by atoms with van der Waals surface area (Å²) >= 11 is 0. The van der Waals surface area contributed by atoms with E-state index in [0.29, 0.717) is 6.07 Å². The molecule has 0 aliphatic heterocycles. The number of halogens is 3. The van der Waals surface area contributed by atoms with Crippen LogP contribution in [0.1, 0.15) is 27.1 Å². The van der Waals surface area contributed by atoms with E-state index in [4.69, 9.17) is 0 Å². The molecule has 2 rings (SSSR count). The highest BCUT2D eigenvalue weighted by Crippen LogP contribution is 2.21. The average molecular weight is 294 g/mol. The minimum atomic E-state index is -1.77. The fourth-order valence-corrected chi connectivity index (χ4v) is 1.79. The number of hydrogen-bond acceptors (Lipinski definition) is 3. The minimum Gasteiger partial charge on any atom is -0.507 e. The Morgan fingerprint density at radius 2 is 1.48 bits per heavy atom. The molecule has 1 N–H and O–H groups in total. The number of phenols is 1. The number of para-hydroxylation sites is 1. The highest BCUT2D eigenvalue weighted by Gasteiger charge is 2.22. The zero-order chi connectivity index (χ0) is 15.6. The quantitative estimate of drug-likeness (QED) is 0.535. The number of carbonyl (C=O) groups excluding carboxylic acids is 2. The topological polar surface area (TPSA) is 54.4 Å². The number of hydrogen-bond donors (Lipinski definition) is 1. The number of benzene rings is 2. The fraction of sp³-hybridized carbons (Fsp3) is 0.0667. The first-order valence-corrected chi connectivity index (χ1v) is 5.89. The van der Waals surface area contributed by atoms with Crippen LogP contribution in [0.4, 0.5) is 13.2 Å². The second-order valence-corrected chi connectivity index (χ2v) is 4.26. The maximum atomic E-state index is 13.4. The van der Waals surface area contributed by atoms with E-state index < -0.39 is 41.0 Å². The van der Waals surface area contributed by atoms with Gasteiger partial charge in [-0.2, -0.15) is 0 Å². The van der Waals surface area contributed by atoms with Gasteiger partial charge in [0.15, 0.2) is 29.0 Å². The summed E-state index contributed by atoms with van der Waals surface area (Å²) in [7, 11) is 0. The number of Topliss-reactive ketones (excluding diaryl/α,β-unsaturated/α-hetero) is 2. The van der Waals surface area contributed by atoms with Gasteiger partial charge in [0.25, 0.3) is 0 Å². The molecule has 0 radical (unpaired) electrons. The SMILES string of the molecule is O=C(CC(=O)c1ccc(F)c(F)c1F)c1ccccc1O. The fourth-order valence-electron chi connectivity index (χ4n) is 1.79. The Hall–Kier alpha value is -2.63. The molecule has 0 spiro atoms. The summed E-state index contributed by atoms with van der Waals surface area (Å²) in [6.07, 6.45) is -0.764. The van der Waals surface area contributed by atoms with Crippen molar-refractivity contribution >= 4 is 11.6 Å². The molecule has 0 aliphatic rings. The van der Waals surface area contributed by atoms with Crippen molar-refractivity contribution in [1.82, 2.24) is 0 Å². The van der Waals surface area contributed by atoms with Crippen molar-refractivity contribution in [2.45, 2.75) is 6.42 Å². The van der Waals surface area contributed by atoms with Gasteiger partial charge in [-0.15, -0.1) is 0 Å². The lowest BCUT2D eigenvalue weighted by Crippen LogP contribution is -2.11. The summed E-state index contributed by atoms with van der Waals surface area (Å²) in [6.45, 7) is 0. The Kier molecular flexibility index (Phi) is 4.07. The van der Waals surface area contributed by atoms with Gasteiger partial charge >= 0.3 is 0 Å². The molecule has 0 fully saturated rings. The highest BCUT2D eigenvalue weighted by molar-refractivity contribution is 6.14. The van der Waals surface area contributed by atoms with E-state index in [1.165, 1.54) is 24.3 Å². The molecule has 0 bridgehead atoms. The number of aromatic hydroxyl groups is 1. The standard InChI is InChI=1S/C15H9F3O3/c16-10-6-5-9(14(17)15(10)18)13(21)7-12(20)8-3-1-2-4-11(8)19/h1-6,19H,7H2. The van der Waals surface area contributed by atoms with E-state index in [-0.39, 0.29) is 11.3 Å². The molecule has 6 heteroatoms. The van der Waals surface area contributed by atoms with Crippen molar-refractivity contribution in [1.29, 1.82) is 0 Å². The summed E-state index contributed by atoms with van der Waals surface area (Å²) < 4.78 is 39.3. The highest BCUT2D eigenvalue weighted by atomic mass is 19.2. The molecule has 0 aromatic heterocycles. The Morgan fingerprint density at radius 3 is 2.14 bits per heavy atom. The first-order chi connectivity index (χ1) is 9.91. The van der Waals surface area contributed by atoms with Crippen LogP contribution in [0.25, 0.3) is 0 Å². The molecule has 3 nitrogen and oxygen atoms in total. The molecular formula is C15H9F3O3. The minimum absolute atomic E-state index is 0.103. The number of phenolic OH excluding ortho intramolecular Hbond substituents is 1. The third-order valence-electron chi connectivity index (χ3n) is 2.86. The lowest BCUT2D eigenvalue weighted by atomic mass is 10.0. The second kappa shape index (κ2) is 5.78. The van der Waals surface area contributed by atoms with E-state index in [1.807, 2.05) is 0 Å². The van der Waals surface area contributed by atoms with Crippen LogP contribution in [-0.2, 0) is 0 Å². The molecule has 0 amide bonds. The molecule has 0 heterocycles. The van der Waals surface area contributed by atoms with Crippen molar-refractivity contribution in [2.24, 2.45) is 0 Å². The van der Waals surface area contributed by atoms with Crippen LogP contribution in [0, 0.1) is 17.5 Å². The predicted molar refractivity (Wildman–Crippen MR) is 67.7 cm³/mol. The van der Waals surface area contributed by atoms with Crippen molar-refractivity contribution in [3.05, 3.63) is 65.0 Å². The number of ketones is 2. The van der Waals surface area contributed by atoms with E-state index in [9.17, 15) is 27.9 Å². The van der Waals surface area contributed by atoms with Crippen LogP contribution in [0.5, 0.6) is 5.75 Å². The smallest absolute Gasteiger partial charge is 0.195 e. The lowest BCUT2D eigenvalue weighted by Gasteiger charge is -2.05. The van der Waals surface area contributed by atoms with Gasteiger partial charge in [0.05, 0.1) is 17.5 Å². The molecule has 108 valence electrons. The summed E-state index contributed by atoms with van der Waals surface area (Å²) in [6, 6.07) is 6.91.